The monoisotopic (exact) mass is 517 g/mol. The predicted molar refractivity (Wildman–Crippen MR) is 141 cm³/mol. The first-order valence-corrected chi connectivity index (χ1v) is 13.2. The molecule has 1 heterocycles. The number of hydrogen-bond donors (Lipinski definition) is 4. The van der Waals surface area contributed by atoms with Crippen LogP contribution in [-0.2, 0) is 30.3 Å². The van der Waals surface area contributed by atoms with Crippen molar-refractivity contribution in [3.05, 3.63) is 35.9 Å². The molecule has 5 atom stereocenters. The van der Waals surface area contributed by atoms with E-state index in [1.807, 2.05) is 58.0 Å². The third-order valence-corrected chi connectivity index (χ3v) is 6.38. The number of epoxide rings is 1. The lowest BCUT2D eigenvalue weighted by Gasteiger charge is -2.27. The van der Waals surface area contributed by atoms with Gasteiger partial charge in [0.05, 0.1) is 12.6 Å². The Morgan fingerprint density at radius 3 is 1.86 bits per heavy atom. The summed E-state index contributed by atoms with van der Waals surface area (Å²) >= 11 is 0. The summed E-state index contributed by atoms with van der Waals surface area (Å²) in [6.45, 7) is 11.5. The van der Waals surface area contributed by atoms with Crippen LogP contribution in [0, 0.1) is 11.8 Å². The van der Waals surface area contributed by atoms with Gasteiger partial charge in [-0.2, -0.15) is 0 Å². The Balaban J connectivity index is 2.25. The van der Waals surface area contributed by atoms with E-state index in [-0.39, 0.29) is 30.5 Å². The van der Waals surface area contributed by atoms with Crippen LogP contribution in [0.15, 0.2) is 30.3 Å². The zero-order valence-electron chi connectivity index (χ0n) is 22.9. The second-order valence-electron chi connectivity index (χ2n) is 10.9. The topological polar surface area (TPSA) is 137 Å². The summed E-state index contributed by atoms with van der Waals surface area (Å²) in [5.74, 6) is -1.60. The molecule has 9 heteroatoms. The van der Waals surface area contributed by atoms with Crippen LogP contribution in [0.3, 0.4) is 0 Å². The molecule has 9 nitrogen and oxygen atoms in total. The summed E-state index contributed by atoms with van der Waals surface area (Å²) in [7, 11) is 0. The Morgan fingerprint density at radius 1 is 0.865 bits per heavy atom. The molecule has 1 aliphatic heterocycles. The average Bonchev–Trinajstić information content (AvgIpc) is 3.60. The molecule has 0 unspecified atom stereocenters. The Kier molecular flexibility index (Phi) is 11.3. The van der Waals surface area contributed by atoms with Crippen LogP contribution in [0.4, 0.5) is 0 Å². The lowest BCUT2D eigenvalue weighted by atomic mass is 9.93. The van der Waals surface area contributed by atoms with Crippen molar-refractivity contribution in [2.45, 2.75) is 97.1 Å². The minimum Gasteiger partial charge on any atom is -0.383 e. The lowest BCUT2D eigenvalue weighted by Crippen LogP contribution is -2.58. The van der Waals surface area contributed by atoms with Gasteiger partial charge < -0.3 is 25.8 Å². The molecule has 0 spiro atoms. The minimum absolute atomic E-state index is 0.0727. The zero-order valence-corrected chi connectivity index (χ0v) is 22.9. The molecule has 1 aromatic carbocycles. The summed E-state index contributed by atoms with van der Waals surface area (Å²) < 4.78 is 5.33. The highest BCUT2D eigenvalue weighted by atomic mass is 16.6. The van der Waals surface area contributed by atoms with E-state index in [0.29, 0.717) is 19.4 Å². The van der Waals surface area contributed by atoms with E-state index >= 15 is 0 Å². The minimum atomic E-state index is -1.22. The third kappa shape index (κ3) is 9.55. The van der Waals surface area contributed by atoms with Crippen LogP contribution in [0.2, 0.25) is 0 Å². The number of aliphatic hydroxyl groups is 1. The van der Waals surface area contributed by atoms with Crippen molar-refractivity contribution in [3.8, 4) is 0 Å². The van der Waals surface area contributed by atoms with Crippen molar-refractivity contribution in [1.82, 2.24) is 16.0 Å². The van der Waals surface area contributed by atoms with Gasteiger partial charge >= 0.3 is 0 Å². The number of aliphatic hydroxyl groups excluding tert-OH is 1. The number of carbonyl (C=O) groups excluding carboxylic acids is 4. The van der Waals surface area contributed by atoms with Gasteiger partial charge in [-0.15, -0.1) is 0 Å². The van der Waals surface area contributed by atoms with Crippen LogP contribution in [0.25, 0.3) is 0 Å². The highest BCUT2D eigenvalue weighted by molar-refractivity contribution is 5.98. The second-order valence-corrected chi connectivity index (χ2v) is 10.9. The molecule has 0 aliphatic carbocycles. The van der Waals surface area contributed by atoms with Gasteiger partial charge in [0.15, 0.2) is 5.78 Å². The molecule has 0 bridgehead atoms. The van der Waals surface area contributed by atoms with Crippen LogP contribution >= 0.6 is 0 Å². The molecule has 0 radical (unpaired) electrons. The quantitative estimate of drug-likeness (QED) is 0.262. The molecule has 206 valence electrons. The van der Waals surface area contributed by atoms with Gasteiger partial charge in [0.1, 0.15) is 23.8 Å². The van der Waals surface area contributed by atoms with Crippen molar-refractivity contribution in [2.24, 2.45) is 11.8 Å². The van der Waals surface area contributed by atoms with Gasteiger partial charge in [-0.3, -0.25) is 19.2 Å². The number of hydrogen-bond acceptors (Lipinski definition) is 6. The van der Waals surface area contributed by atoms with Crippen molar-refractivity contribution in [3.63, 3.8) is 0 Å². The third-order valence-electron chi connectivity index (χ3n) is 6.38. The smallest absolute Gasteiger partial charge is 0.249 e. The Labute approximate surface area is 220 Å². The molecule has 4 N–H and O–H groups in total. The molecule has 3 amide bonds. The second kappa shape index (κ2) is 13.7. The molecule has 1 saturated heterocycles. The molecule has 1 aliphatic rings. The Bertz CT molecular complexity index is 929. The molecule has 2 rings (SSSR count). The number of rotatable bonds is 15. The van der Waals surface area contributed by atoms with Crippen LogP contribution in [-0.4, -0.2) is 65.0 Å². The van der Waals surface area contributed by atoms with E-state index in [4.69, 9.17) is 4.74 Å². The number of carbonyl (C=O) groups is 4. The fourth-order valence-corrected chi connectivity index (χ4v) is 4.08. The van der Waals surface area contributed by atoms with Gasteiger partial charge in [0.25, 0.3) is 0 Å². The average molecular weight is 518 g/mol. The van der Waals surface area contributed by atoms with Crippen molar-refractivity contribution in [2.75, 3.05) is 6.61 Å². The van der Waals surface area contributed by atoms with E-state index in [9.17, 15) is 24.3 Å². The number of Topliss-reactive ketones (excluding diaryl/α,β-unsaturated/α-hetero) is 1. The first kappa shape index (κ1) is 30.4. The number of amides is 3. The Hall–Kier alpha value is -2.78. The first-order valence-electron chi connectivity index (χ1n) is 13.2. The van der Waals surface area contributed by atoms with Crippen LogP contribution in [0.1, 0.15) is 66.4 Å². The van der Waals surface area contributed by atoms with E-state index < -0.39 is 47.6 Å². The molecule has 1 fully saturated rings. The van der Waals surface area contributed by atoms with E-state index in [1.165, 1.54) is 0 Å². The van der Waals surface area contributed by atoms with E-state index in [1.54, 1.807) is 13.8 Å². The van der Waals surface area contributed by atoms with Gasteiger partial charge in [-0.25, -0.2) is 0 Å². The summed E-state index contributed by atoms with van der Waals surface area (Å²) in [6, 6.07) is 6.60. The van der Waals surface area contributed by atoms with Crippen molar-refractivity contribution < 1.29 is 29.0 Å². The fraction of sp³-hybridized carbons (Fsp3) is 0.643. The standard InChI is InChI=1S/C28H43N3O6/c1-7-23(32)27(36)31-21(14-18(4)5)25(34)30-22(15-19-11-9-8-10-12-19)26(35)29-20(13-17(2)3)24(33)28(6)16-37-28/h8-12,17-18,20-23,32H,7,13-16H2,1-6H3,(H,29,35)(H,30,34)(H,31,36)/t20-,21-,22-,23-,28+/m0/s1. The number of nitrogens with one attached hydrogen (secondary N) is 3. The summed E-state index contributed by atoms with van der Waals surface area (Å²) in [6.07, 6.45) is -0.0303. The van der Waals surface area contributed by atoms with Crippen molar-refractivity contribution in [1.29, 1.82) is 0 Å². The molecule has 0 aromatic heterocycles. The lowest BCUT2D eigenvalue weighted by molar-refractivity contribution is -0.136. The van der Waals surface area contributed by atoms with E-state index in [0.717, 1.165) is 5.56 Å². The predicted octanol–water partition coefficient (Wildman–Crippen LogP) is 1.90. The maximum Gasteiger partial charge on any atom is 0.249 e. The summed E-state index contributed by atoms with van der Waals surface area (Å²) in [4.78, 5) is 52.2. The molecule has 1 aromatic rings. The van der Waals surface area contributed by atoms with Gasteiger partial charge in [0, 0.05) is 6.42 Å². The maximum absolute atomic E-state index is 13.5. The Morgan fingerprint density at radius 2 is 1.35 bits per heavy atom. The van der Waals surface area contributed by atoms with E-state index in [2.05, 4.69) is 16.0 Å². The van der Waals surface area contributed by atoms with Crippen LogP contribution in [0.5, 0.6) is 0 Å². The highest BCUT2D eigenvalue weighted by Crippen LogP contribution is 2.29. The van der Waals surface area contributed by atoms with Gasteiger partial charge in [-0.05, 0) is 43.6 Å². The summed E-state index contributed by atoms with van der Waals surface area (Å²) in [5.41, 5.74) is -0.0596. The highest BCUT2D eigenvalue weighted by Gasteiger charge is 2.50. The van der Waals surface area contributed by atoms with Crippen molar-refractivity contribution >= 4 is 23.5 Å². The maximum atomic E-state index is 13.5. The van der Waals surface area contributed by atoms with Gasteiger partial charge in [-0.1, -0.05) is 65.0 Å². The first-order chi connectivity index (χ1) is 17.4. The summed E-state index contributed by atoms with van der Waals surface area (Å²) in [5, 5.41) is 18.2. The number of ketones is 1. The molecular formula is C28H43N3O6. The van der Waals surface area contributed by atoms with Crippen LogP contribution < -0.4 is 16.0 Å². The largest absolute Gasteiger partial charge is 0.383 e. The molecule has 0 saturated carbocycles. The molecule has 37 heavy (non-hydrogen) atoms. The molecular weight excluding hydrogens is 474 g/mol. The number of benzene rings is 1. The SMILES string of the molecule is CC[C@H](O)C(=O)N[C@@H](CC(C)C)C(=O)N[C@@H](Cc1ccccc1)C(=O)N[C@@H](CC(C)C)C(=O)[C@@]1(C)CO1. The normalized spacial score (nSPS) is 20.0. The number of ether oxygens (including phenoxy) is 1. The zero-order chi connectivity index (χ0) is 27.8. The fourth-order valence-electron chi connectivity index (χ4n) is 4.08. The van der Waals surface area contributed by atoms with Gasteiger partial charge in [0.2, 0.25) is 17.7 Å².